The van der Waals surface area contributed by atoms with Gasteiger partial charge in [-0.15, -0.1) is 0 Å². The van der Waals surface area contributed by atoms with Crippen LogP contribution in [-0.2, 0) is 4.79 Å². The van der Waals surface area contributed by atoms with Crippen LogP contribution in [0.4, 0.5) is 0 Å². The molecule has 12 heavy (non-hydrogen) atoms. The molecule has 1 amide bonds. The van der Waals surface area contributed by atoms with Gasteiger partial charge in [0.05, 0.1) is 6.04 Å². The molecule has 3 nitrogen and oxygen atoms in total. The minimum absolute atomic E-state index is 0.120. The molecule has 0 aliphatic heterocycles. The van der Waals surface area contributed by atoms with Crippen LogP contribution in [0.25, 0.3) is 0 Å². The number of rotatable bonds is 6. The van der Waals surface area contributed by atoms with Gasteiger partial charge < -0.3 is 5.73 Å². The van der Waals surface area contributed by atoms with Gasteiger partial charge >= 0.3 is 0 Å². The van der Waals surface area contributed by atoms with Crippen molar-refractivity contribution < 1.29 is 4.79 Å². The highest BCUT2D eigenvalue weighted by Crippen LogP contribution is 2.00. The van der Waals surface area contributed by atoms with Gasteiger partial charge in [-0.25, -0.2) is 0 Å². The van der Waals surface area contributed by atoms with E-state index in [0.717, 1.165) is 25.9 Å². The number of amides is 1. The highest BCUT2D eigenvalue weighted by Gasteiger charge is 2.16. The van der Waals surface area contributed by atoms with Crippen LogP contribution in [0.5, 0.6) is 0 Å². The molecule has 0 radical (unpaired) electrons. The van der Waals surface area contributed by atoms with Gasteiger partial charge in [0.15, 0.2) is 0 Å². The summed E-state index contributed by atoms with van der Waals surface area (Å²) >= 11 is 0. The van der Waals surface area contributed by atoms with Crippen LogP contribution in [0.2, 0.25) is 0 Å². The molecule has 0 saturated carbocycles. The Morgan fingerprint density at radius 2 is 1.75 bits per heavy atom. The Bertz CT molecular complexity index is 130. The smallest absolute Gasteiger partial charge is 0.234 e. The molecule has 0 rings (SSSR count). The summed E-state index contributed by atoms with van der Waals surface area (Å²) in [6, 6.07) is -0.120. The first-order chi connectivity index (χ1) is 5.63. The molecule has 2 N–H and O–H groups in total. The third-order valence-electron chi connectivity index (χ3n) is 1.98. The van der Waals surface area contributed by atoms with Crippen molar-refractivity contribution in [3.63, 3.8) is 0 Å². The number of nitrogens with zero attached hydrogens (tertiary/aromatic N) is 1. The van der Waals surface area contributed by atoms with Gasteiger partial charge in [-0.2, -0.15) is 0 Å². The Kier molecular flexibility index (Phi) is 5.72. The summed E-state index contributed by atoms with van der Waals surface area (Å²) < 4.78 is 0. The average molecular weight is 172 g/mol. The van der Waals surface area contributed by atoms with Gasteiger partial charge in [0.1, 0.15) is 0 Å². The third-order valence-corrected chi connectivity index (χ3v) is 1.98. The summed E-state index contributed by atoms with van der Waals surface area (Å²) in [7, 11) is 0. The quantitative estimate of drug-likeness (QED) is 0.649. The molecule has 1 atom stereocenters. The standard InChI is InChI=1S/C9H20N2O/c1-4-6-11(7-5-2)8(3)9(10)12/h8H,4-7H2,1-3H3,(H2,10,12)/t8-/m0/s1. The van der Waals surface area contributed by atoms with E-state index < -0.39 is 0 Å². The molecule has 0 aromatic rings. The molecule has 0 bridgehead atoms. The summed E-state index contributed by atoms with van der Waals surface area (Å²) in [4.78, 5) is 13.0. The molecule has 0 fully saturated rings. The lowest BCUT2D eigenvalue weighted by Crippen LogP contribution is -2.43. The van der Waals surface area contributed by atoms with E-state index in [9.17, 15) is 4.79 Å². The number of primary amides is 1. The topological polar surface area (TPSA) is 46.3 Å². The molecular formula is C9H20N2O. The predicted octanol–water partition coefficient (Wildman–Crippen LogP) is 0.982. The molecule has 0 aromatic carbocycles. The van der Waals surface area contributed by atoms with E-state index in [-0.39, 0.29) is 11.9 Å². The fourth-order valence-corrected chi connectivity index (χ4v) is 1.25. The van der Waals surface area contributed by atoms with Crippen molar-refractivity contribution in [1.29, 1.82) is 0 Å². The van der Waals surface area contributed by atoms with Crippen LogP contribution in [0.15, 0.2) is 0 Å². The summed E-state index contributed by atoms with van der Waals surface area (Å²) in [5.74, 6) is -0.225. The van der Waals surface area contributed by atoms with E-state index in [1.165, 1.54) is 0 Å². The number of nitrogens with two attached hydrogens (primary N) is 1. The van der Waals surface area contributed by atoms with Crippen molar-refractivity contribution in [1.82, 2.24) is 4.90 Å². The van der Waals surface area contributed by atoms with Crippen LogP contribution >= 0.6 is 0 Å². The van der Waals surface area contributed by atoms with E-state index in [1.807, 2.05) is 6.92 Å². The summed E-state index contributed by atoms with van der Waals surface area (Å²) in [6.07, 6.45) is 2.13. The van der Waals surface area contributed by atoms with Crippen LogP contribution < -0.4 is 5.73 Å². The zero-order valence-electron chi connectivity index (χ0n) is 8.34. The van der Waals surface area contributed by atoms with E-state index in [1.54, 1.807) is 0 Å². The fraction of sp³-hybridized carbons (Fsp3) is 0.889. The van der Waals surface area contributed by atoms with E-state index >= 15 is 0 Å². The van der Waals surface area contributed by atoms with Crippen molar-refractivity contribution in [3.8, 4) is 0 Å². The largest absolute Gasteiger partial charge is 0.368 e. The number of carbonyl (C=O) groups excluding carboxylic acids is 1. The van der Waals surface area contributed by atoms with Crippen molar-refractivity contribution in [2.75, 3.05) is 13.1 Å². The zero-order chi connectivity index (χ0) is 9.56. The molecule has 0 aromatic heterocycles. The first-order valence-electron chi connectivity index (χ1n) is 4.66. The number of hydrogen-bond acceptors (Lipinski definition) is 2. The monoisotopic (exact) mass is 172 g/mol. The van der Waals surface area contributed by atoms with Gasteiger partial charge in [-0.05, 0) is 32.9 Å². The predicted molar refractivity (Wildman–Crippen MR) is 50.8 cm³/mol. The molecule has 0 saturated heterocycles. The van der Waals surface area contributed by atoms with Crippen molar-refractivity contribution in [2.45, 2.75) is 39.7 Å². The first-order valence-corrected chi connectivity index (χ1v) is 4.66. The fourth-order valence-electron chi connectivity index (χ4n) is 1.25. The Hall–Kier alpha value is -0.570. The molecule has 0 unspecified atom stereocenters. The molecule has 3 heteroatoms. The number of hydrogen-bond donors (Lipinski definition) is 1. The van der Waals surface area contributed by atoms with Gasteiger partial charge in [-0.3, -0.25) is 9.69 Å². The maximum Gasteiger partial charge on any atom is 0.234 e. The lowest BCUT2D eigenvalue weighted by Gasteiger charge is -2.25. The van der Waals surface area contributed by atoms with Crippen LogP contribution in [0.1, 0.15) is 33.6 Å². The average Bonchev–Trinajstić information content (AvgIpc) is 2.03. The summed E-state index contributed by atoms with van der Waals surface area (Å²) in [5, 5.41) is 0. The lowest BCUT2D eigenvalue weighted by molar-refractivity contribution is -0.122. The minimum Gasteiger partial charge on any atom is -0.368 e. The highest BCUT2D eigenvalue weighted by atomic mass is 16.1. The van der Waals surface area contributed by atoms with Crippen molar-refractivity contribution in [2.24, 2.45) is 5.73 Å². The second-order valence-corrected chi connectivity index (χ2v) is 3.11. The van der Waals surface area contributed by atoms with Gasteiger partial charge in [0.2, 0.25) is 5.91 Å². The zero-order valence-corrected chi connectivity index (χ0v) is 8.34. The second kappa shape index (κ2) is 6.00. The van der Waals surface area contributed by atoms with Crippen LogP contribution in [-0.4, -0.2) is 29.9 Å². The Morgan fingerprint density at radius 1 is 1.33 bits per heavy atom. The minimum atomic E-state index is -0.225. The molecular weight excluding hydrogens is 152 g/mol. The molecule has 0 aliphatic rings. The van der Waals surface area contributed by atoms with Crippen LogP contribution in [0, 0.1) is 0 Å². The lowest BCUT2D eigenvalue weighted by atomic mass is 10.2. The van der Waals surface area contributed by atoms with E-state index in [2.05, 4.69) is 18.7 Å². The van der Waals surface area contributed by atoms with Crippen LogP contribution in [0.3, 0.4) is 0 Å². The maximum atomic E-state index is 10.9. The Balaban J connectivity index is 3.98. The summed E-state index contributed by atoms with van der Waals surface area (Å²) in [5.41, 5.74) is 5.22. The van der Waals surface area contributed by atoms with Crippen molar-refractivity contribution >= 4 is 5.91 Å². The molecule has 0 spiro atoms. The second-order valence-electron chi connectivity index (χ2n) is 3.11. The maximum absolute atomic E-state index is 10.9. The first kappa shape index (κ1) is 11.4. The van der Waals surface area contributed by atoms with Gasteiger partial charge in [0, 0.05) is 0 Å². The normalized spacial score (nSPS) is 13.3. The number of carbonyl (C=O) groups is 1. The summed E-state index contributed by atoms with van der Waals surface area (Å²) in [6.45, 7) is 8.00. The van der Waals surface area contributed by atoms with Crippen molar-refractivity contribution in [3.05, 3.63) is 0 Å². The van der Waals surface area contributed by atoms with Gasteiger partial charge in [0.25, 0.3) is 0 Å². The molecule has 0 heterocycles. The molecule has 72 valence electrons. The highest BCUT2D eigenvalue weighted by molar-refractivity contribution is 5.79. The van der Waals surface area contributed by atoms with E-state index in [4.69, 9.17) is 5.73 Å². The van der Waals surface area contributed by atoms with E-state index in [0.29, 0.717) is 0 Å². The van der Waals surface area contributed by atoms with Gasteiger partial charge in [-0.1, -0.05) is 13.8 Å². The Labute approximate surface area is 74.9 Å². The molecule has 0 aliphatic carbocycles. The Morgan fingerprint density at radius 3 is 2.00 bits per heavy atom. The third kappa shape index (κ3) is 3.72. The SMILES string of the molecule is CCCN(CCC)[C@@H](C)C(N)=O.